The van der Waals surface area contributed by atoms with E-state index in [0.717, 1.165) is 22.2 Å². The molecule has 0 fully saturated rings. The van der Waals surface area contributed by atoms with Gasteiger partial charge in [0, 0.05) is 30.7 Å². The van der Waals surface area contributed by atoms with Crippen molar-refractivity contribution in [2.75, 3.05) is 18.4 Å². The molecule has 124 valence electrons. The van der Waals surface area contributed by atoms with Crippen LogP contribution in [0.3, 0.4) is 0 Å². The van der Waals surface area contributed by atoms with Crippen molar-refractivity contribution in [3.63, 3.8) is 0 Å². The highest BCUT2D eigenvalue weighted by atomic mass is 32.1. The van der Waals surface area contributed by atoms with Gasteiger partial charge in [0.05, 0.1) is 11.7 Å². The number of nitrogens with one attached hydrogen (secondary N) is 2. The van der Waals surface area contributed by atoms with Crippen LogP contribution < -0.4 is 11.1 Å². The number of nitrogens with zero attached hydrogens (tertiary/aromatic N) is 2. The predicted molar refractivity (Wildman–Crippen MR) is 98.2 cm³/mol. The van der Waals surface area contributed by atoms with E-state index >= 15 is 0 Å². The van der Waals surface area contributed by atoms with Crippen LogP contribution in [0.5, 0.6) is 0 Å². The summed E-state index contributed by atoms with van der Waals surface area (Å²) in [7, 11) is 0. The maximum absolute atomic E-state index is 13.0. The summed E-state index contributed by atoms with van der Waals surface area (Å²) in [6.07, 6.45) is 1.76. The number of hydrogen-bond acceptors (Lipinski definition) is 3. The van der Waals surface area contributed by atoms with E-state index in [1.165, 1.54) is 12.1 Å². The molecule has 0 aliphatic heterocycles. The molecule has 3 aromatic rings. The smallest absolute Gasteiger partial charge is 0.173 e. The number of aromatic nitrogens is 2. The highest BCUT2D eigenvalue weighted by molar-refractivity contribution is 7.80. The lowest BCUT2D eigenvalue weighted by molar-refractivity contribution is 0.428. The van der Waals surface area contributed by atoms with E-state index in [4.69, 9.17) is 18.0 Å². The second-order valence-electron chi connectivity index (χ2n) is 5.44. The number of fused-ring (bicyclic) bond motifs is 1. The lowest BCUT2D eigenvalue weighted by Crippen LogP contribution is -2.37. The van der Waals surface area contributed by atoms with Gasteiger partial charge in [-0.1, -0.05) is 12.1 Å². The molecule has 5 nitrogen and oxygen atoms in total. The zero-order chi connectivity index (χ0) is 16.9. The molecule has 1 heterocycles. The van der Waals surface area contributed by atoms with Crippen LogP contribution in [0.2, 0.25) is 0 Å². The van der Waals surface area contributed by atoms with Gasteiger partial charge in [-0.05, 0) is 48.1 Å². The minimum absolute atomic E-state index is 0.252. The van der Waals surface area contributed by atoms with Crippen molar-refractivity contribution >= 4 is 33.9 Å². The standard InChI is InChI=1S/C17H18FN5S/c18-14-3-1-12(2-4-14)11-23(8-7-19)17(24)21-15-5-6-16-13(9-15)10-20-22-16/h1-6,9-10H,7-8,11,19H2,(H,20,22)(H,21,24). The van der Waals surface area contributed by atoms with Gasteiger partial charge in [0.25, 0.3) is 0 Å². The normalized spacial score (nSPS) is 10.8. The Balaban J connectivity index is 1.72. The van der Waals surface area contributed by atoms with E-state index < -0.39 is 0 Å². The topological polar surface area (TPSA) is 70.0 Å². The first-order valence-corrected chi connectivity index (χ1v) is 8.00. The fraction of sp³-hybridized carbons (Fsp3) is 0.176. The third kappa shape index (κ3) is 3.87. The Kier molecular flexibility index (Phi) is 5.02. The van der Waals surface area contributed by atoms with Crippen molar-refractivity contribution in [1.82, 2.24) is 15.1 Å². The number of hydrogen-bond donors (Lipinski definition) is 3. The first-order chi connectivity index (χ1) is 11.7. The van der Waals surface area contributed by atoms with Crippen LogP contribution in [0.15, 0.2) is 48.7 Å². The van der Waals surface area contributed by atoms with Crippen LogP contribution in [-0.2, 0) is 6.54 Å². The van der Waals surface area contributed by atoms with E-state index in [1.807, 2.05) is 23.1 Å². The van der Waals surface area contributed by atoms with E-state index in [9.17, 15) is 4.39 Å². The van der Waals surface area contributed by atoms with Gasteiger partial charge in [-0.25, -0.2) is 4.39 Å². The average molecular weight is 343 g/mol. The molecule has 2 aromatic carbocycles. The van der Waals surface area contributed by atoms with Crippen LogP contribution in [-0.4, -0.2) is 33.3 Å². The maximum Gasteiger partial charge on any atom is 0.173 e. The molecule has 24 heavy (non-hydrogen) atoms. The van der Waals surface area contributed by atoms with E-state index in [1.54, 1.807) is 18.3 Å². The van der Waals surface area contributed by atoms with Crippen molar-refractivity contribution in [3.05, 3.63) is 60.0 Å². The number of nitrogens with two attached hydrogens (primary N) is 1. The quantitative estimate of drug-likeness (QED) is 0.622. The molecule has 0 atom stereocenters. The SMILES string of the molecule is NCCN(Cc1ccc(F)cc1)C(=S)Nc1ccc2[nH]ncc2c1. The van der Waals surface area contributed by atoms with Gasteiger partial charge in [-0.15, -0.1) is 0 Å². The Morgan fingerprint density at radius 1 is 1.25 bits per heavy atom. The number of rotatable bonds is 5. The van der Waals surface area contributed by atoms with Crippen LogP contribution in [0, 0.1) is 5.82 Å². The van der Waals surface area contributed by atoms with Gasteiger partial charge in [0.2, 0.25) is 0 Å². The Hall–Kier alpha value is -2.51. The molecular weight excluding hydrogens is 325 g/mol. The number of H-pyrrole nitrogens is 1. The van der Waals surface area contributed by atoms with Gasteiger partial charge < -0.3 is 16.0 Å². The van der Waals surface area contributed by atoms with Gasteiger partial charge in [0.15, 0.2) is 5.11 Å². The van der Waals surface area contributed by atoms with Crippen LogP contribution in [0.1, 0.15) is 5.56 Å². The molecule has 0 amide bonds. The molecule has 0 radical (unpaired) electrons. The molecule has 1 aromatic heterocycles. The van der Waals surface area contributed by atoms with Crippen molar-refractivity contribution in [2.45, 2.75) is 6.54 Å². The van der Waals surface area contributed by atoms with Gasteiger partial charge in [-0.2, -0.15) is 5.10 Å². The molecule has 0 unspecified atom stereocenters. The molecule has 4 N–H and O–H groups in total. The Labute approximate surface area is 144 Å². The van der Waals surface area contributed by atoms with Crippen molar-refractivity contribution in [2.24, 2.45) is 5.73 Å². The minimum Gasteiger partial charge on any atom is -0.343 e. The van der Waals surface area contributed by atoms with Gasteiger partial charge in [0.1, 0.15) is 5.82 Å². The number of halogens is 1. The van der Waals surface area contributed by atoms with Gasteiger partial charge >= 0.3 is 0 Å². The van der Waals surface area contributed by atoms with Crippen molar-refractivity contribution in [1.29, 1.82) is 0 Å². The summed E-state index contributed by atoms with van der Waals surface area (Å²) in [5, 5.41) is 11.7. The third-order valence-electron chi connectivity index (χ3n) is 3.66. The summed E-state index contributed by atoms with van der Waals surface area (Å²) in [6.45, 7) is 1.65. The van der Waals surface area contributed by atoms with Crippen LogP contribution in [0.25, 0.3) is 10.9 Å². The highest BCUT2D eigenvalue weighted by Crippen LogP contribution is 2.17. The van der Waals surface area contributed by atoms with E-state index in [2.05, 4.69) is 15.5 Å². The molecule has 7 heteroatoms. The third-order valence-corrected chi connectivity index (χ3v) is 4.02. The number of aromatic amines is 1. The molecule has 3 rings (SSSR count). The zero-order valence-electron chi connectivity index (χ0n) is 13.0. The summed E-state index contributed by atoms with van der Waals surface area (Å²) in [4.78, 5) is 1.96. The summed E-state index contributed by atoms with van der Waals surface area (Å²) in [6, 6.07) is 12.2. The lowest BCUT2D eigenvalue weighted by atomic mass is 10.2. The monoisotopic (exact) mass is 343 g/mol. The fourth-order valence-corrected chi connectivity index (χ4v) is 2.72. The Morgan fingerprint density at radius 2 is 2.04 bits per heavy atom. The number of anilines is 1. The second-order valence-corrected chi connectivity index (χ2v) is 5.83. The average Bonchev–Trinajstić information content (AvgIpc) is 3.04. The highest BCUT2D eigenvalue weighted by Gasteiger charge is 2.10. The number of thiocarbonyl (C=S) groups is 1. The van der Waals surface area contributed by atoms with Gasteiger partial charge in [-0.3, -0.25) is 5.10 Å². The maximum atomic E-state index is 13.0. The van der Waals surface area contributed by atoms with Crippen LogP contribution in [0.4, 0.5) is 10.1 Å². The molecule has 0 bridgehead atoms. The van der Waals surface area contributed by atoms with E-state index in [0.29, 0.717) is 24.7 Å². The Morgan fingerprint density at radius 3 is 2.79 bits per heavy atom. The molecule has 0 saturated carbocycles. The van der Waals surface area contributed by atoms with Crippen LogP contribution >= 0.6 is 12.2 Å². The summed E-state index contributed by atoms with van der Waals surface area (Å²) >= 11 is 5.51. The summed E-state index contributed by atoms with van der Waals surface area (Å²) in [5.41, 5.74) is 8.52. The molecule has 0 aliphatic carbocycles. The largest absolute Gasteiger partial charge is 0.343 e. The first-order valence-electron chi connectivity index (χ1n) is 7.59. The van der Waals surface area contributed by atoms with Crippen molar-refractivity contribution < 1.29 is 4.39 Å². The lowest BCUT2D eigenvalue weighted by Gasteiger charge is -2.25. The summed E-state index contributed by atoms with van der Waals surface area (Å²) < 4.78 is 13.0. The molecular formula is C17H18FN5S. The summed E-state index contributed by atoms with van der Waals surface area (Å²) in [5.74, 6) is -0.252. The van der Waals surface area contributed by atoms with Crippen molar-refractivity contribution in [3.8, 4) is 0 Å². The molecule has 0 aliphatic rings. The zero-order valence-corrected chi connectivity index (χ0v) is 13.8. The van der Waals surface area contributed by atoms with E-state index in [-0.39, 0.29) is 5.82 Å². The second kappa shape index (κ2) is 7.37. The first kappa shape index (κ1) is 16.4. The minimum atomic E-state index is -0.252. The number of benzene rings is 2. The molecule has 0 saturated heterocycles. The fourth-order valence-electron chi connectivity index (χ4n) is 2.44. The predicted octanol–water partition coefficient (Wildman–Crippen LogP) is 2.86. The molecule has 0 spiro atoms. The Bertz CT molecular complexity index is 830.